The fourth-order valence-corrected chi connectivity index (χ4v) is 1.01. The van der Waals surface area contributed by atoms with Crippen molar-refractivity contribution in [1.29, 1.82) is 0 Å². The summed E-state index contributed by atoms with van der Waals surface area (Å²) < 4.78 is 4.52. The lowest BCUT2D eigenvalue weighted by Gasteiger charge is -2.25. The molecule has 0 heterocycles. The lowest BCUT2D eigenvalue weighted by molar-refractivity contribution is -0.141. The Bertz CT molecular complexity index is 146. The number of ether oxygens (including phenoxy) is 1. The van der Waals surface area contributed by atoms with Crippen molar-refractivity contribution < 1.29 is 9.53 Å². The Morgan fingerprint density at radius 2 is 2.25 bits per heavy atom. The first-order valence-electron chi connectivity index (χ1n) is 3.89. The first-order valence-corrected chi connectivity index (χ1v) is 4.43. The summed E-state index contributed by atoms with van der Waals surface area (Å²) in [5.41, 5.74) is -0.171. The minimum absolute atomic E-state index is 0.171. The summed E-state index contributed by atoms with van der Waals surface area (Å²) in [6, 6.07) is 0. The highest BCUT2D eigenvalue weighted by molar-refractivity contribution is 6.18. The van der Waals surface area contributed by atoms with Crippen molar-refractivity contribution in [3.05, 3.63) is 0 Å². The van der Waals surface area contributed by atoms with Gasteiger partial charge in [0.15, 0.2) is 0 Å². The van der Waals surface area contributed by atoms with Crippen LogP contribution >= 0.6 is 11.6 Å². The predicted octanol–water partition coefficient (Wildman–Crippen LogP) is 1.16. The average Bonchev–Trinajstić information content (AvgIpc) is 2.13. The van der Waals surface area contributed by atoms with Crippen LogP contribution < -0.4 is 5.32 Å². The van der Waals surface area contributed by atoms with Crippen molar-refractivity contribution in [2.24, 2.45) is 0 Å². The van der Waals surface area contributed by atoms with Crippen LogP contribution in [0.4, 0.5) is 0 Å². The molecule has 0 aromatic heterocycles. The van der Waals surface area contributed by atoms with E-state index in [0.717, 1.165) is 0 Å². The lowest BCUT2D eigenvalue weighted by atomic mass is 9.99. The number of carbonyl (C=O) groups excluding carboxylic acids is 1. The van der Waals surface area contributed by atoms with Crippen molar-refractivity contribution in [3.8, 4) is 0 Å². The predicted molar refractivity (Wildman–Crippen MR) is 49.4 cm³/mol. The second-order valence-corrected chi connectivity index (χ2v) is 3.29. The Morgan fingerprint density at radius 3 is 2.58 bits per heavy atom. The van der Waals surface area contributed by atoms with Gasteiger partial charge in [-0.15, -0.1) is 11.6 Å². The van der Waals surface area contributed by atoms with Gasteiger partial charge in [0, 0.05) is 17.8 Å². The molecule has 0 spiro atoms. The topological polar surface area (TPSA) is 38.3 Å². The first-order chi connectivity index (χ1) is 5.58. The standard InChI is InChI=1S/C8H16ClNO2/c1-8(6-9,10-2)5-4-7(11)12-3/h10H,4-6H2,1-3H3. The molecule has 0 saturated carbocycles. The van der Waals surface area contributed by atoms with E-state index >= 15 is 0 Å². The van der Waals surface area contributed by atoms with Gasteiger partial charge in [0.1, 0.15) is 0 Å². The zero-order chi connectivity index (χ0) is 9.61. The van der Waals surface area contributed by atoms with E-state index in [2.05, 4.69) is 10.1 Å². The summed E-state index contributed by atoms with van der Waals surface area (Å²) >= 11 is 5.72. The van der Waals surface area contributed by atoms with Gasteiger partial charge in [0.25, 0.3) is 0 Å². The largest absolute Gasteiger partial charge is 0.469 e. The summed E-state index contributed by atoms with van der Waals surface area (Å²) in [5, 5.41) is 3.07. The smallest absolute Gasteiger partial charge is 0.305 e. The maximum Gasteiger partial charge on any atom is 0.305 e. The molecule has 1 unspecified atom stereocenters. The van der Waals surface area contributed by atoms with Crippen molar-refractivity contribution in [3.63, 3.8) is 0 Å². The summed E-state index contributed by atoms with van der Waals surface area (Å²) in [5.74, 6) is 0.294. The van der Waals surface area contributed by atoms with Gasteiger partial charge in [-0.25, -0.2) is 0 Å². The van der Waals surface area contributed by atoms with Crippen molar-refractivity contribution >= 4 is 17.6 Å². The number of rotatable bonds is 5. The first kappa shape index (κ1) is 11.7. The summed E-state index contributed by atoms with van der Waals surface area (Å²) in [6.45, 7) is 1.98. The number of hydrogen-bond acceptors (Lipinski definition) is 3. The number of carbonyl (C=O) groups is 1. The zero-order valence-corrected chi connectivity index (χ0v) is 8.57. The number of esters is 1. The van der Waals surface area contributed by atoms with E-state index in [-0.39, 0.29) is 11.5 Å². The van der Waals surface area contributed by atoms with Gasteiger partial charge in [0.2, 0.25) is 0 Å². The van der Waals surface area contributed by atoms with E-state index in [0.29, 0.717) is 18.7 Å². The summed E-state index contributed by atoms with van der Waals surface area (Å²) in [6.07, 6.45) is 1.10. The van der Waals surface area contributed by atoms with Crippen LogP contribution in [0.2, 0.25) is 0 Å². The second-order valence-electron chi connectivity index (χ2n) is 3.02. The molecule has 0 aliphatic rings. The zero-order valence-electron chi connectivity index (χ0n) is 7.82. The lowest BCUT2D eigenvalue weighted by Crippen LogP contribution is -2.42. The molecule has 0 bridgehead atoms. The van der Waals surface area contributed by atoms with Crippen molar-refractivity contribution in [2.45, 2.75) is 25.3 Å². The molecule has 0 aliphatic heterocycles. The van der Waals surface area contributed by atoms with Crippen LogP contribution in [-0.2, 0) is 9.53 Å². The highest BCUT2D eigenvalue weighted by Gasteiger charge is 2.21. The quantitative estimate of drug-likeness (QED) is 0.526. The van der Waals surface area contributed by atoms with Crippen LogP contribution in [0.1, 0.15) is 19.8 Å². The Morgan fingerprint density at radius 1 is 1.67 bits per heavy atom. The molecule has 72 valence electrons. The molecule has 12 heavy (non-hydrogen) atoms. The van der Waals surface area contributed by atoms with Gasteiger partial charge in [-0.1, -0.05) is 0 Å². The Balaban J connectivity index is 3.80. The van der Waals surface area contributed by atoms with Crippen molar-refractivity contribution in [1.82, 2.24) is 5.32 Å². The molecule has 0 aromatic rings. The molecule has 0 saturated heterocycles. The minimum atomic E-state index is -0.193. The van der Waals surface area contributed by atoms with E-state index in [1.54, 1.807) is 0 Å². The molecule has 3 nitrogen and oxygen atoms in total. The molecule has 0 radical (unpaired) electrons. The van der Waals surface area contributed by atoms with Crippen LogP contribution in [0.5, 0.6) is 0 Å². The Kier molecular flexibility index (Phi) is 5.25. The van der Waals surface area contributed by atoms with Crippen LogP contribution in [0.15, 0.2) is 0 Å². The molecule has 1 atom stereocenters. The van der Waals surface area contributed by atoms with E-state index in [4.69, 9.17) is 11.6 Å². The number of alkyl halides is 1. The summed E-state index contributed by atoms with van der Waals surface area (Å²) in [4.78, 5) is 10.8. The number of halogens is 1. The molecule has 4 heteroatoms. The highest BCUT2D eigenvalue weighted by Crippen LogP contribution is 2.13. The normalized spacial score (nSPS) is 15.3. The third kappa shape index (κ3) is 3.93. The summed E-state index contributed by atoms with van der Waals surface area (Å²) in [7, 11) is 3.22. The maximum atomic E-state index is 10.8. The van der Waals surface area contributed by atoms with Crippen LogP contribution in [-0.4, -0.2) is 31.5 Å². The van der Waals surface area contributed by atoms with Gasteiger partial charge in [-0.05, 0) is 20.4 Å². The van der Waals surface area contributed by atoms with E-state index in [9.17, 15) is 4.79 Å². The van der Waals surface area contributed by atoms with Crippen LogP contribution in [0, 0.1) is 0 Å². The molecular formula is C8H16ClNO2. The minimum Gasteiger partial charge on any atom is -0.469 e. The molecule has 0 aromatic carbocycles. The molecule has 0 amide bonds. The molecular weight excluding hydrogens is 178 g/mol. The fourth-order valence-electron chi connectivity index (χ4n) is 0.739. The van der Waals surface area contributed by atoms with Gasteiger partial charge in [-0.2, -0.15) is 0 Å². The number of hydrogen-bond donors (Lipinski definition) is 1. The maximum absolute atomic E-state index is 10.8. The monoisotopic (exact) mass is 193 g/mol. The van der Waals surface area contributed by atoms with Gasteiger partial charge < -0.3 is 10.1 Å². The SMILES string of the molecule is CNC(C)(CCl)CCC(=O)OC. The van der Waals surface area contributed by atoms with Gasteiger partial charge >= 0.3 is 5.97 Å². The van der Waals surface area contributed by atoms with Crippen LogP contribution in [0.3, 0.4) is 0 Å². The third-order valence-corrected chi connectivity index (χ3v) is 2.60. The van der Waals surface area contributed by atoms with E-state index in [1.165, 1.54) is 7.11 Å². The van der Waals surface area contributed by atoms with Gasteiger partial charge in [-0.3, -0.25) is 4.79 Å². The Hall–Kier alpha value is -0.280. The second kappa shape index (κ2) is 5.38. The molecule has 0 aliphatic carbocycles. The number of nitrogens with one attached hydrogen (secondary N) is 1. The fraction of sp³-hybridized carbons (Fsp3) is 0.875. The van der Waals surface area contributed by atoms with E-state index in [1.807, 2.05) is 14.0 Å². The van der Waals surface area contributed by atoms with Crippen LogP contribution in [0.25, 0.3) is 0 Å². The average molecular weight is 194 g/mol. The number of methoxy groups -OCH3 is 1. The van der Waals surface area contributed by atoms with Gasteiger partial charge in [0.05, 0.1) is 7.11 Å². The van der Waals surface area contributed by atoms with Crippen molar-refractivity contribution in [2.75, 3.05) is 20.0 Å². The highest BCUT2D eigenvalue weighted by atomic mass is 35.5. The third-order valence-electron chi connectivity index (χ3n) is 2.01. The van der Waals surface area contributed by atoms with E-state index < -0.39 is 0 Å². The molecule has 0 rings (SSSR count). The molecule has 1 N–H and O–H groups in total. The molecule has 0 fully saturated rings. The Labute approximate surface area is 78.4 Å².